The van der Waals surface area contributed by atoms with Crippen molar-refractivity contribution < 1.29 is 4.79 Å². The van der Waals surface area contributed by atoms with Crippen LogP contribution in [0.4, 0.5) is 0 Å². The Bertz CT molecular complexity index is 557. The van der Waals surface area contributed by atoms with Crippen molar-refractivity contribution in [2.24, 2.45) is 4.99 Å². The number of nitrogens with zero attached hydrogens (tertiary/aromatic N) is 3. The number of rotatable bonds is 6. The molecule has 25 heavy (non-hydrogen) atoms. The number of hydrogen-bond donors (Lipinski definition) is 3. The molecule has 2 rings (SSSR count). The summed E-state index contributed by atoms with van der Waals surface area (Å²) >= 11 is 1.74. The lowest BCUT2D eigenvalue weighted by Gasteiger charge is -2.32. The van der Waals surface area contributed by atoms with Gasteiger partial charge in [-0.15, -0.1) is 35.3 Å². The minimum absolute atomic E-state index is 0. The van der Waals surface area contributed by atoms with Gasteiger partial charge in [0, 0.05) is 57.3 Å². The molecule has 1 amide bonds. The molecular weight excluding hydrogens is 451 g/mol. The molecule has 0 atom stereocenters. The van der Waals surface area contributed by atoms with Gasteiger partial charge < -0.3 is 16.0 Å². The van der Waals surface area contributed by atoms with Crippen LogP contribution in [0.15, 0.2) is 11.2 Å². The van der Waals surface area contributed by atoms with Crippen molar-refractivity contribution in [2.75, 3.05) is 40.3 Å². The minimum Gasteiger partial charge on any atom is -0.358 e. The van der Waals surface area contributed by atoms with Crippen molar-refractivity contribution >= 4 is 47.2 Å². The summed E-state index contributed by atoms with van der Waals surface area (Å²) < 4.78 is 0. The number of aryl methyl sites for hydroxylation is 1. The summed E-state index contributed by atoms with van der Waals surface area (Å²) in [5, 5.41) is 10.7. The third-order valence-electron chi connectivity index (χ3n) is 4.10. The molecule has 1 aliphatic heterocycles. The monoisotopic (exact) mass is 480 g/mol. The van der Waals surface area contributed by atoms with Crippen LogP contribution in [0.5, 0.6) is 0 Å². The molecule has 0 unspecified atom stereocenters. The highest BCUT2D eigenvalue weighted by molar-refractivity contribution is 14.0. The molecule has 0 aromatic carbocycles. The number of hydrogen-bond acceptors (Lipinski definition) is 5. The number of aliphatic imine (C=N–C) groups is 1. The standard InChI is InChI=1S/C16H28N6OS.HI/c1-12-10-20-15(24-12)4-7-19-16(18-3)21-13-5-8-22(9-6-13)11-14(23)17-2;/h10,13H,4-9,11H2,1-3H3,(H,17,23)(H2,18,19,21);1H. The zero-order valence-corrected chi connectivity index (χ0v) is 18.3. The van der Waals surface area contributed by atoms with Crippen LogP contribution in [-0.2, 0) is 11.2 Å². The average molecular weight is 480 g/mol. The predicted molar refractivity (Wildman–Crippen MR) is 114 cm³/mol. The highest BCUT2D eigenvalue weighted by Crippen LogP contribution is 2.11. The Morgan fingerprint density at radius 3 is 2.72 bits per heavy atom. The van der Waals surface area contributed by atoms with Gasteiger partial charge in [-0.2, -0.15) is 0 Å². The quantitative estimate of drug-likeness (QED) is 0.322. The second kappa shape index (κ2) is 11.6. The Hall–Kier alpha value is -0.940. The normalized spacial score (nSPS) is 16.2. The largest absolute Gasteiger partial charge is 0.358 e. The van der Waals surface area contributed by atoms with E-state index in [0.29, 0.717) is 12.6 Å². The molecule has 3 N–H and O–H groups in total. The van der Waals surface area contributed by atoms with Gasteiger partial charge in [-0.3, -0.25) is 14.7 Å². The van der Waals surface area contributed by atoms with E-state index in [4.69, 9.17) is 0 Å². The van der Waals surface area contributed by atoms with Gasteiger partial charge in [0.25, 0.3) is 0 Å². The van der Waals surface area contributed by atoms with Crippen LogP contribution < -0.4 is 16.0 Å². The van der Waals surface area contributed by atoms with Crippen molar-refractivity contribution in [3.8, 4) is 0 Å². The molecule has 0 aliphatic carbocycles. The Labute approximate surface area is 171 Å². The van der Waals surface area contributed by atoms with Crippen molar-refractivity contribution in [1.29, 1.82) is 0 Å². The number of likely N-dealkylation sites (N-methyl/N-ethyl adjacent to an activating group) is 1. The average Bonchev–Trinajstić information content (AvgIpc) is 3.00. The third kappa shape index (κ3) is 7.87. The Morgan fingerprint density at radius 1 is 1.44 bits per heavy atom. The number of carbonyl (C=O) groups is 1. The van der Waals surface area contributed by atoms with Gasteiger partial charge in [0.05, 0.1) is 11.6 Å². The molecule has 0 bridgehead atoms. The zero-order chi connectivity index (χ0) is 17.4. The third-order valence-corrected chi connectivity index (χ3v) is 5.07. The van der Waals surface area contributed by atoms with Crippen LogP contribution in [0.1, 0.15) is 22.7 Å². The first-order valence-corrected chi connectivity index (χ1v) is 9.23. The lowest BCUT2D eigenvalue weighted by molar-refractivity contribution is -0.122. The maximum atomic E-state index is 11.4. The fraction of sp³-hybridized carbons (Fsp3) is 0.688. The molecule has 9 heteroatoms. The van der Waals surface area contributed by atoms with Gasteiger partial charge in [0.2, 0.25) is 5.91 Å². The van der Waals surface area contributed by atoms with E-state index in [1.807, 2.05) is 6.20 Å². The number of halogens is 1. The van der Waals surface area contributed by atoms with Gasteiger partial charge >= 0.3 is 0 Å². The van der Waals surface area contributed by atoms with Crippen LogP contribution in [0.25, 0.3) is 0 Å². The van der Waals surface area contributed by atoms with Crippen LogP contribution in [0.2, 0.25) is 0 Å². The molecule has 1 aliphatic rings. The van der Waals surface area contributed by atoms with Crippen molar-refractivity contribution in [2.45, 2.75) is 32.2 Å². The van der Waals surface area contributed by atoms with E-state index in [0.717, 1.165) is 49.9 Å². The molecule has 1 saturated heterocycles. The van der Waals surface area contributed by atoms with Crippen molar-refractivity contribution in [1.82, 2.24) is 25.8 Å². The van der Waals surface area contributed by atoms with Gasteiger partial charge in [-0.05, 0) is 19.8 Å². The number of piperidine rings is 1. The first-order valence-electron chi connectivity index (χ1n) is 8.42. The molecule has 1 fully saturated rings. The van der Waals surface area contributed by atoms with Crippen LogP contribution in [0, 0.1) is 6.92 Å². The molecule has 1 aromatic rings. The number of likely N-dealkylation sites (tertiary alicyclic amines) is 1. The second-order valence-electron chi connectivity index (χ2n) is 5.98. The summed E-state index contributed by atoms with van der Waals surface area (Å²) in [4.78, 5) is 23.5. The maximum Gasteiger partial charge on any atom is 0.233 e. The fourth-order valence-electron chi connectivity index (χ4n) is 2.71. The topological polar surface area (TPSA) is 81.7 Å². The molecule has 1 aromatic heterocycles. The summed E-state index contributed by atoms with van der Waals surface area (Å²) in [5.74, 6) is 0.921. The highest BCUT2D eigenvalue weighted by Gasteiger charge is 2.21. The number of guanidine groups is 1. The van der Waals surface area contributed by atoms with E-state index < -0.39 is 0 Å². The minimum atomic E-state index is 0. The predicted octanol–water partition coefficient (Wildman–Crippen LogP) is 0.987. The van der Waals surface area contributed by atoms with Crippen LogP contribution >= 0.6 is 35.3 Å². The van der Waals surface area contributed by atoms with Gasteiger partial charge in [-0.1, -0.05) is 0 Å². The van der Waals surface area contributed by atoms with E-state index in [-0.39, 0.29) is 29.9 Å². The number of carbonyl (C=O) groups excluding carboxylic acids is 1. The van der Waals surface area contributed by atoms with E-state index in [9.17, 15) is 4.79 Å². The maximum absolute atomic E-state index is 11.4. The van der Waals surface area contributed by atoms with E-state index in [1.165, 1.54) is 4.88 Å². The van der Waals surface area contributed by atoms with Gasteiger partial charge in [0.1, 0.15) is 0 Å². The summed E-state index contributed by atoms with van der Waals surface area (Å²) in [6, 6.07) is 0.402. The van der Waals surface area contributed by atoms with Crippen molar-refractivity contribution in [3.05, 3.63) is 16.1 Å². The number of nitrogens with one attached hydrogen (secondary N) is 3. The summed E-state index contributed by atoms with van der Waals surface area (Å²) in [5.41, 5.74) is 0. The smallest absolute Gasteiger partial charge is 0.233 e. The molecule has 0 radical (unpaired) electrons. The van der Waals surface area contributed by atoms with E-state index in [1.54, 1.807) is 25.4 Å². The van der Waals surface area contributed by atoms with E-state index >= 15 is 0 Å². The van der Waals surface area contributed by atoms with E-state index in [2.05, 4.69) is 37.8 Å². The second-order valence-corrected chi connectivity index (χ2v) is 7.30. The molecule has 0 spiro atoms. The lowest BCUT2D eigenvalue weighted by Crippen LogP contribution is -2.50. The van der Waals surface area contributed by atoms with Crippen LogP contribution in [-0.4, -0.2) is 68.1 Å². The summed E-state index contributed by atoms with van der Waals surface area (Å²) in [6.45, 7) is 5.25. The molecule has 0 saturated carbocycles. The highest BCUT2D eigenvalue weighted by atomic mass is 127. The molecule has 2 heterocycles. The number of aromatic nitrogens is 1. The Morgan fingerprint density at radius 2 is 2.16 bits per heavy atom. The Balaban J connectivity index is 0.00000312. The molecule has 7 nitrogen and oxygen atoms in total. The number of amides is 1. The number of thiazole rings is 1. The molecular formula is C16H29IN6OS. The van der Waals surface area contributed by atoms with Gasteiger partial charge in [0.15, 0.2) is 5.96 Å². The Kier molecular flexibility index (Phi) is 10.3. The first-order chi connectivity index (χ1) is 11.6. The van der Waals surface area contributed by atoms with Crippen LogP contribution in [0.3, 0.4) is 0 Å². The fourth-order valence-corrected chi connectivity index (χ4v) is 3.50. The van der Waals surface area contributed by atoms with Crippen molar-refractivity contribution in [3.63, 3.8) is 0 Å². The first kappa shape index (κ1) is 22.1. The zero-order valence-electron chi connectivity index (χ0n) is 15.2. The SMILES string of the molecule is CN=C(NCCc1ncc(C)s1)NC1CCN(CC(=O)NC)CC1.I. The lowest BCUT2D eigenvalue weighted by atomic mass is 10.1. The van der Waals surface area contributed by atoms with Gasteiger partial charge in [-0.25, -0.2) is 4.98 Å². The summed E-state index contributed by atoms with van der Waals surface area (Å²) in [6.07, 6.45) is 4.86. The summed E-state index contributed by atoms with van der Waals surface area (Å²) in [7, 11) is 3.48. The molecule has 142 valence electrons.